The average Bonchev–Trinajstić information content (AvgIpc) is 4.48. The number of benzene rings is 5. The van der Waals surface area contributed by atoms with E-state index in [0.717, 1.165) is 48.2 Å². The third-order valence-corrected chi connectivity index (χ3v) is 13.5. The van der Waals surface area contributed by atoms with Crippen molar-refractivity contribution in [3.8, 4) is 44.5 Å². The van der Waals surface area contributed by atoms with E-state index in [-0.39, 0.29) is 22.3 Å². The molecule has 0 radical (unpaired) electrons. The molecule has 2 N–H and O–H groups in total. The van der Waals surface area contributed by atoms with E-state index in [0.29, 0.717) is 21.3 Å². The molecule has 0 saturated heterocycles. The minimum Gasteiger partial charge on any atom is -0.354 e. The van der Waals surface area contributed by atoms with Gasteiger partial charge in [-0.1, -0.05) is 36.0 Å². The second-order valence-corrected chi connectivity index (χ2v) is 18.1. The molecule has 78 heavy (non-hydrogen) atoms. The number of azo groups is 1. The lowest BCUT2D eigenvalue weighted by molar-refractivity contribution is 0.381. The average molecular weight is 1100 g/mol. The van der Waals surface area contributed by atoms with Gasteiger partial charge in [-0.25, -0.2) is 80.8 Å². The van der Waals surface area contributed by atoms with Crippen LogP contribution in [0.3, 0.4) is 0 Å². The highest BCUT2D eigenvalue weighted by Crippen LogP contribution is 2.45. The summed E-state index contributed by atoms with van der Waals surface area (Å²) in [5.41, 5.74) is -11.5. The van der Waals surface area contributed by atoms with Gasteiger partial charge in [-0.2, -0.15) is 0 Å². The number of fused-ring (bicyclic) bond motifs is 8. The van der Waals surface area contributed by atoms with Crippen LogP contribution in [0.2, 0.25) is 0 Å². The van der Waals surface area contributed by atoms with E-state index in [2.05, 4.69) is 35.1 Å². The van der Waals surface area contributed by atoms with Gasteiger partial charge in [0.25, 0.3) is 0 Å². The maximum Gasteiger partial charge on any atom is 0.200 e. The molecular formula is C54H23F15N8S. The van der Waals surface area contributed by atoms with Gasteiger partial charge < -0.3 is 14.5 Å². The van der Waals surface area contributed by atoms with E-state index in [1.807, 2.05) is 0 Å². The van der Waals surface area contributed by atoms with Crippen molar-refractivity contribution in [3.63, 3.8) is 0 Å². The number of H-pyrrole nitrogens is 2. The zero-order valence-corrected chi connectivity index (χ0v) is 39.5. The zero-order chi connectivity index (χ0) is 55.2. The van der Waals surface area contributed by atoms with Crippen molar-refractivity contribution in [2.75, 3.05) is 0 Å². The number of aryl methyl sites for hydroxylation is 1. The second kappa shape index (κ2) is 19.4. The van der Waals surface area contributed by atoms with Crippen LogP contribution in [0.5, 0.6) is 0 Å². The van der Waals surface area contributed by atoms with Crippen molar-refractivity contribution in [1.82, 2.24) is 29.5 Å². The Labute approximate surface area is 430 Å². The van der Waals surface area contributed by atoms with Crippen LogP contribution >= 0.6 is 11.8 Å². The topological polar surface area (TPSA) is 99.9 Å². The van der Waals surface area contributed by atoms with E-state index >= 15 is 52.7 Å². The van der Waals surface area contributed by atoms with Gasteiger partial charge in [-0.15, -0.1) is 10.2 Å². The first kappa shape index (κ1) is 50.9. The molecule has 24 heteroatoms. The molecule has 0 aliphatic carbocycles. The molecule has 5 aromatic carbocycles. The summed E-state index contributed by atoms with van der Waals surface area (Å²) in [5, 5.41) is 8.51. The third-order valence-electron chi connectivity index (χ3n) is 12.4. The Bertz CT molecular complexity index is 4200. The molecule has 9 aromatic rings. The van der Waals surface area contributed by atoms with Crippen LogP contribution in [0.4, 0.5) is 77.4 Å². The molecule has 2 aliphatic heterocycles. The first-order valence-electron chi connectivity index (χ1n) is 22.3. The van der Waals surface area contributed by atoms with Gasteiger partial charge in [0.2, 0.25) is 17.5 Å². The lowest BCUT2D eigenvalue weighted by atomic mass is 10.0. The van der Waals surface area contributed by atoms with Crippen LogP contribution in [0, 0.1) is 87.3 Å². The first-order valence-corrected chi connectivity index (χ1v) is 23.1. The summed E-state index contributed by atoms with van der Waals surface area (Å²) < 4.78 is 233. The summed E-state index contributed by atoms with van der Waals surface area (Å²) in [7, 11) is 1.71. The Morgan fingerprint density at radius 2 is 0.795 bits per heavy atom. The maximum absolute atomic E-state index is 16.2. The molecule has 4 aromatic heterocycles. The zero-order valence-electron chi connectivity index (χ0n) is 38.7. The number of aromatic amines is 2. The van der Waals surface area contributed by atoms with Crippen LogP contribution < -0.4 is 0 Å². The maximum atomic E-state index is 16.2. The number of hydrogen-bond donors (Lipinski definition) is 2. The lowest BCUT2D eigenvalue weighted by Crippen LogP contribution is -2.06. The largest absolute Gasteiger partial charge is 0.354 e. The number of hydrogen-bond acceptors (Lipinski definition) is 6. The summed E-state index contributed by atoms with van der Waals surface area (Å²) >= 11 is 1.15. The molecule has 0 unspecified atom stereocenters. The van der Waals surface area contributed by atoms with E-state index in [4.69, 9.17) is 0 Å². The van der Waals surface area contributed by atoms with Crippen molar-refractivity contribution in [1.29, 1.82) is 0 Å². The quantitative estimate of drug-likeness (QED) is 0.0685. The van der Waals surface area contributed by atoms with Crippen LogP contribution in [0.25, 0.3) is 90.9 Å². The van der Waals surface area contributed by atoms with Crippen LogP contribution in [0.1, 0.15) is 22.8 Å². The normalized spacial score (nSPS) is 12.3. The van der Waals surface area contributed by atoms with Crippen molar-refractivity contribution >= 4 is 69.6 Å². The van der Waals surface area contributed by atoms with Gasteiger partial charge in [0, 0.05) is 61.2 Å². The van der Waals surface area contributed by atoms with Crippen LogP contribution in [-0.4, -0.2) is 29.5 Å². The molecule has 6 heterocycles. The number of nitrogens with one attached hydrogen (secondary N) is 2. The molecular weight excluding hydrogens is 1080 g/mol. The van der Waals surface area contributed by atoms with Crippen molar-refractivity contribution in [2.45, 2.75) is 9.79 Å². The first-order chi connectivity index (χ1) is 37.3. The number of imidazole rings is 1. The number of nitrogens with zero attached hydrogens (tertiary/aromatic N) is 6. The highest BCUT2D eigenvalue weighted by molar-refractivity contribution is 7.99. The molecule has 0 amide bonds. The van der Waals surface area contributed by atoms with Gasteiger partial charge in [0.15, 0.2) is 75.6 Å². The fourth-order valence-corrected chi connectivity index (χ4v) is 9.81. The number of aromatic nitrogens is 6. The summed E-state index contributed by atoms with van der Waals surface area (Å²) in [4.78, 5) is 19.2. The van der Waals surface area contributed by atoms with Crippen molar-refractivity contribution < 1.29 is 65.9 Å². The fraction of sp³-hybridized carbons (Fsp3) is 0.0185. The van der Waals surface area contributed by atoms with Gasteiger partial charge in [-0.05, 0) is 78.4 Å². The SMILES string of the molecule is Cn1cncc1N=Nc1cccc(Sc2ccccc2-c2c3nc(c(-c4c(F)c(F)c(F)c(F)c4F)c4ccc([nH]4)c(-c4c(F)c(F)c(F)c(F)c4F)c4nc(c(-c5c(F)c(F)c(F)c(F)c5F)c5ccc2[nH]5)C=C4)C=C3)c1. The van der Waals surface area contributed by atoms with Gasteiger partial charge in [0.1, 0.15) is 0 Å². The number of halogens is 15. The van der Waals surface area contributed by atoms with Gasteiger partial charge in [0.05, 0.1) is 57.7 Å². The highest BCUT2D eigenvalue weighted by Gasteiger charge is 2.34. The monoisotopic (exact) mass is 1100 g/mol. The Hall–Kier alpha value is -9.19. The molecule has 0 saturated carbocycles. The third kappa shape index (κ3) is 8.29. The van der Waals surface area contributed by atoms with E-state index in [1.165, 1.54) is 24.7 Å². The van der Waals surface area contributed by atoms with Crippen molar-refractivity contribution in [2.24, 2.45) is 17.3 Å². The van der Waals surface area contributed by atoms with Gasteiger partial charge >= 0.3 is 0 Å². The van der Waals surface area contributed by atoms with E-state index < -0.39 is 154 Å². The summed E-state index contributed by atoms with van der Waals surface area (Å²) in [6.07, 6.45) is 6.95. The second-order valence-electron chi connectivity index (χ2n) is 17.0. The summed E-state index contributed by atoms with van der Waals surface area (Å²) in [6.45, 7) is 0. The lowest BCUT2D eigenvalue weighted by Gasteiger charge is -2.12. The van der Waals surface area contributed by atoms with E-state index in [9.17, 15) is 13.2 Å². The van der Waals surface area contributed by atoms with Crippen LogP contribution in [-0.2, 0) is 7.05 Å². The molecule has 2 aliphatic rings. The smallest absolute Gasteiger partial charge is 0.200 e. The fourth-order valence-electron chi connectivity index (χ4n) is 8.81. The Kier molecular flexibility index (Phi) is 12.7. The minimum atomic E-state index is -2.62. The predicted octanol–water partition coefficient (Wildman–Crippen LogP) is 16.7. The highest BCUT2D eigenvalue weighted by atomic mass is 32.2. The minimum absolute atomic E-state index is 0.0218. The number of rotatable bonds is 8. The molecule has 8 bridgehead atoms. The standard InChI is InChI=1S/C54H23F15N8S/c1-77-19-70-18-32(77)76-75-20-5-4-6-21(17-20)78-31-8-3-2-7-22(31)33-23-9-11-25(71-23)34(37-40(55)46(61)52(67)47(62)41(37)56)27-13-15-29(73-27)36(39-44(59)50(65)54(69)51(66)45(39)60)30-16-14-28(74-30)35(26-12-10-24(33)72-26)38-42(57)48(63)53(68)49(64)43(38)58/h2-19,71,74H,1H3. The summed E-state index contributed by atoms with van der Waals surface area (Å²) in [5.74, 6) is -36.5. The molecule has 8 nitrogen and oxygen atoms in total. The molecule has 0 spiro atoms. The molecule has 0 fully saturated rings. The Morgan fingerprint density at radius 3 is 1.21 bits per heavy atom. The van der Waals surface area contributed by atoms with Crippen molar-refractivity contribution in [3.05, 3.63) is 195 Å². The van der Waals surface area contributed by atoms with Crippen LogP contribution in [0.15, 0.2) is 105 Å². The van der Waals surface area contributed by atoms with Gasteiger partial charge in [-0.3, -0.25) is 0 Å². The van der Waals surface area contributed by atoms with E-state index in [1.54, 1.807) is 60.1 Å². The summed E-state index contributed by atoms with van der Waals surface area (Å²) in [6, 6.07) is 17.2. The molecule has 11 rings (SSSR count). The Balaban J connectivity index is 1.29. The Morgan fingerprint density at radius 1 is 0.410 bits per heavy atom. The predicted molar refractivity (Wildman–Crippen MR) is 258 cm³/mol. The molecule has 390 valence electrons. The molecule has 0 atom stereocenters.